The van der Waals surface area contributed by atoms with Crippen molar-refractivity contribution in [2.24, 2.45) is 0 Å². The van der Waals surface area contributed by atoms with Gasteiger partial charge in [0.05, 0.1) is 6.61 Å². The quantitative estimate of drug-likeness (QED) is 0.0261. The zero-order valence-electron chi connectivity index (χ0n) is 38.9. The maximum atomic E-state index is 12.8. The van der Waals surface area contributed by atoms with Crippen molar-refractivity contribution in [2.45, 2.75) is 275 Å². The SMILES string of the molecule is CCCCCCCC/C=C\CCCCCCCC(=O)OCC(COC1OC(C(=O)O)C(O)C(O)C1O)OC(=O)CCCCCCCCCCCCCCCCCCCCCC. The van der Waals surface area contributed by atoms with Crippen molar-refractivity contribution in [3.63, 3.8) is 0 Å². The van der Waals surface area contributed by atoms with Gasteiger partial charge in [-0.25, -0.2) is 4.79 Å². The number of aliphatic carboxylic acids is 1. The molecule has 1 aliphatic heterocycles. The molecule has 0 saturated carbocycles. The zero-order chi connectivity index (χ0) is 44.6. The van der Waals surface area contributed by atoms with Crippen LogP contribution in [0.1, 0.15) is 239 Å². The molecule has 0 aromatic rings. The maximum Gasteiger partial charge on any atom is 0.335 e. The van der Waals surface area contributed by atoms with Gasteiger partial charge >= 0.3 is 17.9 Å². The van der Waals surface area contributed by atoms with Crippen LogP contribution < -0.4 is 0 Å². The molecule has 0 aromatic carbocycles. The number of hydrogen-bond donors (Lipinski definition) is 4. The third-order valence-corrected chi connectivity index (χ3v) is 11.9. The van der Waals surface area contributed by atoms with Crippen molar-refractivity contribution in [3.05, 3.63) is 12.2 Å². The minimum absolute atomic E-state index is 0.187. The first-order valence-electron chi connectivity index (χ1n) is 25.2. The summed E-state index contributed by atoms with van der Waals surface area (Å²) in [5, 5.41) is 39.9. The molecule has 1 aliphatic rings. The molecule has 1 heterocycles. The Labute approximate surface area is 371 Å². The third-order valence-electron chi connectivity index (χ3n) is 11.9. The van der Waals surface area contributed by atoms with E-state index in [1.807, 2.05) is 0 Å². The summed E-state index contributed by atoms with van der Waals surface area (Å²) in [7, 11) is 0. The van der Waals surface area contributed by atoms with E-state index in [1.165, 1.54) is 141 Å². The van der Waals surface area contributed by atoms with Crippen molar-refractivity contribution in [1.82, 2.24) is 0 Å². The fraction of sp³-hybridized carbons (Fsp3) is 0.900. The maximum absolute atomic E-state index is 12.8. The molecule has 1 rings (SSSR count). The van der Waals surface area contributed by atoms with Crippen LogP contribution in [0.4, 0.5) is 0 Å². The van der Waals surface area contributed by atoms with Gasteiger partial charge in [0.25, 0.3) is 0 Å². The lowest BCUT2D eigenvalue weighted by molar-refractivity contribution is -0.298. The van der Waals surface area contributed by atoms with Crippen LogP contribution in [0.5, 0.6) is 0 Å². The first-order chi connectivity index (χ1) is 29.7. The standard InChI is InChI=1S/C50H92O11/c1-3-5-7-9-11-13-15-17-19-20-21-22-23-25-27-29-31-33-35-37-39-44(52)60-42(41-59-50-47(55)45(53)46(54)48(61-50)49(56)57)40-58-43(51)38-36-34-32-30-28-26-24-18-16-14-12-10-8-6-4-2/h18,24,42,45-48,50,53-55H,3-17,19-23,25-41H2,1-2H3,(H,56,57)/b24-18-. The second-order valence-corrected chi connectivity index (χ2v) is 17.7. The minimum Gasteiger partial charge on any atom is -0.479 e. The molecule has 1 saturated heterocycles. The number of esters is 2. The molecule has 1 fully saturated rings. The highest BCUT2D eigenvalue weighted by Crippen LogP contribution is 2.23. The van der Waals surface area contributed by atoms with Crippen LogP contribution in [-0.4, -0.2) is 88.4 Å². The highest BCUT2D eigenvalue weighted by Gasteiger charge is 2.47. The molecule has 0 radical (unpaired) electrons. The van der Waals surface area contributed by atoms with E-state index in [1.54, 1.807) is 0 Å². The first-order valence-corrected chi connectivity index (χ1v) is 25.2. The number of aliphatic hydroxyl groups excluding tert-OH is 3. The highest BCUT2D eigenvalue weighted by molar-refractivity contribution is 5.73. The number of carbonyl (C=O) groups excluding carboxylic acids is 2. The van der Waals surface area contributed by atoms with Crippen LogP contribution in [0.15, 0.2) is 12.2 Å². The lowest BCUT2D eigenvalue weighted by Gasteiger charge is -2.38. The molecule has 61 heavy (non-hydrogen) atoms. The Bertz CT molecular complexity index is 1070. The van der Waals surface area contributed by atoms with Crippen LogP contribution >= 0.6 is 0 Å². The number of carbonyl (C=O) groups is 3. The molecule has 11 heteroatoms. The van der Waals surface area contributed by atoms with Gasteiger partial charge in [-0.3, -0.25) is 9.59 Å². The molecule has 358 valence electrons. The topological polar surface area (TPSA) is 169 Å². The van der Waals surface area contributed by atoms with E-state index in [0.717, 1.165) is 57.8 Å². The second kappa shape index (κ2) is 40.7. The second-order valence-electron chi connectivity index (χ2n) is 17.7. The fourth-order valence-electron chi connectivity index (χ4n) is 7.88. The van der Waals surface area contributed by atoms with E-state index in [-0.39, 0.29) is 26.1 Å². The largest absolute Gasteiger partial charge is 0.479 e. The summed E-state index contributed by atoms with van der Waals surface area (Å²) in [5.41, 5.74) is 0. The number of hydrogen-bond acceptors (Lipinski definition) is 10. The lowest BCUT2D eigenvalue weighted by atomic mass is 9.99. The summed E-state index contributed by atoms with van der Waals surface area (Å²) in [5.74, 6) is -2.44. The molecular weight excluding hydrogens is 777 g/mol. The van der Waals surface area contributed by atoms with E-state index in [2.05, 4.69) is 26.0 Å². The third kappa shape index (κ3) is 32.3. The fourth-order valence-corrected chi connectivity index (χ4v) is 7.88. The summed E-state index contributed by atoms with van der Waals surface area (Å²) < 4.78 is 21.8. The van der Waals surface area contributed by atoms with Crippen molar-refractivity contribution in [2.75, 3.05) is 13.2 Å². The highest BCUT2D eigenvalue weighted by atomic mass is 16.7. The number of carboxylic acid groups (broad SMARTS) is 1. The van der Waals surface area contributed by atoms with Crippen LogP contribution in [0.3, 0.4) is 0 Å². The Morgan fingerprint density at radius 1 is 0.492 bits per heavy atom. The number of allylic oxidation sites excluding steroid dienone is 2. The number of unbranched alkanes of at least 4 members (excludes halogenated alkanes) is 30. The summed E-state index contributed by atoms with van der Waals surface area (Å²) >= 11 is 0. The van der Waals surface area contributed by atoms with Crippen LogP contribution in [-0.2, 0) is 33.3 Å². The molecule has 0 aliphatic carbocycles. The van der Waals surface area contributed by atoms with E-state index in [9.17, 15) is 34.8 Å². The smallest absolute Gasteiger partial charge is 0.335 e. The van der Waals surface area contributed by atoms with Crippen molar-refractivity contribution < 1.29 is 53.8 Å². The first kappa shape index (κ1) is 57.0. The van der Waals surface area contributed by atoms with Gasteiger partial charge < -0.3 is 39.4 Å². The predicted octanol–water partition coefficient (Wildman–Crippen LogP) is 11.6. The molecule has 11 nitrogen and oxygen atoms in total. The summed E-state index contributed by atoms with van der Waals surface area (Å²) in [6.07, 6.45) is 35.5. The number of ether oxygens (including phenoxy) is 4. The summed E-state index contributed by atoms with van der Waals surface area (Å²) in [6, 6.07) is 0. The Morgan fingerprint density at radius 3 is 1.28 bits per heavy atom. The van der Waals surface area contributed by atoms with Crippen molar-refractivity contribution >= 4 is 17.9 Å². The monoisotopic (exact) mass is 869 g/mol. The zero-order valence-corrected chi connectivity index (χ0v) is 38.9. The van der Waals surface area contributed by atoms with Crippen LogP contribution in [0, 0.1) is 0 Å². The Hall–Kier alpha value is -2.05. The van der Waals surface area contributed by atoms with Crippen LogP contribution in [0.25, 0.3) is 0 Å². The predicted molar refractivity (Wildman–Crippen MR) is 243 cm³/mol. The van der Waals surface area contributed by atoms with Gasteiger partial charge in [-0.1, -0.05) is 199 Å². The molecular formula is C50H92O11. The van der Waals surface area contributed by atoms with Gasteiger partial charge in [0, 0.05) is 12.8 Å². The van der Waals surface area contributed by atoms with Gasteiger partial charge in [-0.05, 0) is 38.5 Å². The Kier molecular flexibility index (Phi) is 38.0. The van der Waals surface area contributed by atoms with Gasteiger partial charge in [0.2, 0.25) is 0 Å². The Morgan fingerprint density at radius 2 is 0.869 bits per heavy atom. The normalized spacial score (nSPS) is 19.7. The van der Waals surface area contributed by atoms with Crippen molar-refractivity contribution in [3.8, 4) is 0 Å². The van der Waals surface area contributed by atoms with E-state index >= 15 is 0 Å². The molecule has 0 bridgehead atoms. The summed E-state index contributed by atoms with van der Waals surface area (Å²) in [4.78, 5) is 36.9. The van der Waals surface area contributed by atoms with Crippen molar-refractivity contribution in [1.29, 1.82) is 0 Å². The van der Waals surface area contributed by atoms with E-state index in [4.69, 9.17) is 18.9 Å². The number of aliphatic hydroxyl groups is 3. The molecule has 0 spiro atoms. The summed E-state index contributed by atoms with van der Waals surface area (Å²) in [6.45, 7) is 3.84. The van der Waals surface area contributed by atoms with E-state index in [0.29, 0.717) is 12.8 Å². The lowest BCUT2D eigenvalue weighted by Crippen LogP contribution is -2.60. The molecule has 0 aromatic heterocycles. The van der Waals surface area contributed by atoms with Crippen LogP contribution in [0.2, 0.25) is 0 Å². The Balaban J connectivity index is 2.30. The minimum atomic E-state index is -1.86. The van der Waals surface area contributed by atoms with Gasteiger partial charge in [0.1, 0.15) is 24.9 Å². The molecule has 4 N–H and O–H groups in total. The molecule has 6 atom stereocenters. The molecule has 0 amide bonds. The van der Waals surface area contributed by atoms with Gasteiger partial charge in [-0.15, -0.1) is 0 Å². The van der Waals surface area contributed by atoms with Gasteiger partial charge in [0.15, 0.2) is 18.5 Å². The average Bonchev–Trinajstić information content (AvgIpc) is 3.24. The van der Waals surface area contributed by atoms with E-state index < -0.39 is 54.7 Å². The molecule has 6 unspecified atom stereocenters. The average molecular weight is 869 g/mol. The number of rotatable bonds is 43. The number of carboxylic acids is 1. The van der Waals surface area contributed by atoms with Gasteiger partial charge in [-0.2, -0.15) is 0 Å².